The summed E-state index contributed by atoms with van der Waals surface area (Å²) in [6.45, 7) is 4.72. The topological polar surface area (TPSA) is 18.5 Å². The Labute approximate surface area is 93.2 Å². The van der Waals surface area contributed by atoms with E-state index in [1.165, 1.54) is 32.1 Å². The van der Waals surface area contributed by atoms with Crippen molar-refractivity contribution in [2.24, 2.45) is 0 Å². The van der Waals surface area contributed by atoms with Crippen LogP contribution in [0.4, 0.5) is 0 Å². The van der Waals surface area contributed by atoms with Gasteiger partial charge in [0, 0.05) is 6.61 Å². The molecule has 0 amide bonds. The van der Waals surface area contributed by atoms with Crippen LogP contribution in [0.3, 0.4) is 0 Å². The van der Waals surface area contributed by atoms with E-state index in [1.807, 2.05) is 6.08 Å². The third kappa shape index (κ3) is 2.85. The Bertz CT molecular complexity index is 206. The summed E-state index contributed by atoms with van der Waals surface area (Å²) in [5.41, 5.74) is 0.0506. The van der Waals surface area contributed by atoms with Crippen molar-refractivity contribution in [2.75, 3.05) is 6.61 Å². The first-order valence-electron chi connectivity index (χ1n) is 6.25. The molecular weight excluding hydrogens is 187 g/mol. The average molecular weight is 208 g/mol. The summed E-state index contributed by atoms with van der Waals surface area (Å²) in [4.78, 5) is 0. The summed E-state index contributed by atoms with van der Waals surface area (Å²) >= 11 is 0. The first-order chi connectivity index (χ1) is 7.35. The molecule has 0 spiro atoms. The van der Waals surface area contributed by atoms with Crippen molar-refractivity contribution < 1.29 is 9.31 Å². The van der Waals surface area contributed by atoms with E-state index in [2.05, 4.69) is 6.58 Å². The monoisotopic (exact) mass is 208 g/mol. The summed E-state index contributed by atoms with van der Waals surface area (Å²) in [7, 11) is 0.0584. The first kappa shape index (κ1) is 11.2. The minimum Gasteiger partial charge on any atom is -0.411 e. The van der Waals surface area contributed by atoms with Gasteiger partial charge >= 0.3 is 7.12 Å². The van der Waals surface area contributed by atoms with Gasteiger partial charge in [-0.05, 0) is 32.0 Å². The van der Waals surface area contributed by atoms with E-state index in [1.54, 1.807) is 0 Å². The van der Waals surface area contributed by atoms with Crippen molar-refractivity contribution in [3.63, 3.8) is 0 Å². The van der Waals surface area contributed by atoms with Crippen molar-refractivity contribution in [3.8, 4) is 0 Å². The van der Waals surface area contributed by atoms with Crippen LogP contribution in [0, 0.1) is 0 Å². The van der Waals surface area contributed by atoms with Crippen LogP contribution in [0.2, 0.25) is 6.32 Å². The molecule has 2 rings (SSSR count). The summed E-state index contributed by atoms with van der Waals surface area (Å²) in [5, 5.41) is 0. The van der Waals surface area contributed by atoms with Crippen molar-refractivity contribution in [2.45, 2.75) is 56.9 Å². The number of hydrogen-bond donors (Lipinski definition) is 0. The Morgan fingerprint density at radius 1 is 1.27 bits per heavy atom. The molecule has 15 heavy (non-hydrogen) atoms. The Balaban J connectivity index is 1.93. The lowest BCUT2D eigenvalue weighted by molar-refractivity contribution is 0.0107. The van der Waals surface area contributed by atoms with E-state index in [9.17, 15) is 0 Å². The molecule has 2 aliphatic rings. The molecule has 1 heterocycles. The van der Waals surface area contributed by atoms with Gasteiger partial charge in [-0.3, -0.25) is 0 Å². The molecule has 2 nitrogen and oxygen atoms in total. The van der Waals surface area contributed by atoms with Gasteiger partial charge in [0.1, 0.15) is 0 Å². The Kier molecular flexibility index (Phi) is 3.87. The smallest absolute Gasteiger partial charge is 0.411 e. The van der Waals surface area contributed by atoms with Crippen molar-refractivity contribution >= 4 is 7.12 Å². The lowest BCUT2D eigenvalue weighted by Crippen LogP contribution is -2.40. The Morgan fingerprint density at radius 3 is 2.67 bits per heavy atom. The van der Waals surface area contributed by atoms with E-state index in [0.717, 1.165) is 25.8 Å². The van der Waals surface area contributed by atoms with Gasteiger partial charge < -0.3 is 9.31 Å². The first-order valence-corrected chi connectivity index (χ1v) is 6.25. The molecule has 1 saturated carbocycles. The highest BCUT2D eigenvalue weighted by Crippen LogP contribution is 2.36. The molecule has 0 aromatic rings. The second kappa shape index (κ2) is 5.17. The van der Waals surface area contributed by atoms with E-state index in [-0.39, 0.29) is 12.7 Å². The fourth-order valence-corrected chi connectivity index (χ4v) is 2.75. The summed E-state index contributed by atoms with van der Waals surface area (Å²) in [6.07, 6.45) is 11.5. The van der Waals surface area contributed by atoms with Crippen LogP contribution in [0.15, 0.2) is 12.7 Å². The minimum absolute atomic E-state index is 0.0506. The highest BCUT2D eigenvalue weighted by molar-refractivity contribution is 6.45. The summed E-state index contributed by atoms with van der Waals surface area (Å²) in [6, 6.07) is 0. The lowest BCUT2D eigenvalue weighted by Gasteiger charge is -2.38. The van der Waals surface area contributed by atoms with Crippen LogP contribution in [0.5, 0.6) is 0 Å². The van der Waals surface area contributed by atoms with Crippen LogP contribution in [0.1, 0.15) is 44.9 Å². The van der Waals surface area contributed by atoms with Gasteiger partial charge in [0.05, 0.1) is 5.60 Å². The second-order valence-corrected chi connectivity index (χ2v) is 4.80. The van der Waals surface area contributed by atoms with Crippen LogP contribution < -0.4 is 0 Å². The van der Waals surface area contributed by atoms with E-state index in [4.69, 9.17) is 9.31 Å². The normalized spacial score (nSPS) is 25.5. The number of hydrogen-bond acceptors (Lipinski definition) is 2. The third-order valence-corrected chi connectivity index (χ3v) is 3.55. The minimum atomic E-state index is 0.0506. The van der Waals surface area contributed by atoms with Crippen LogP contribution >= 0.6 is 0 Å². The zero-order chi connectivity index (χ0) is 10.6. The van der Waals surface area contributed by atoms with Gasteiger partial charge in [-0.1, -0.05) is 25.3 Å². The SMILES string of the molecule is C=CCC1(OB2CCCO2)CCCCC1. The van der Waals surface area contributed by atoms with Gasteiger partial charge in [-0.2, -0.15) is 0 Å². The van der Waals surface area contributed by atoms with E-state index >= 15 is 0 Å². The van der Waals surface area contributed by atoms with Gasteiger partial charge in [-0.15, -0.1) is 6.58 Å². The predicted molar refractivity (Wildman–Crippen MR) is 62.8 cm³/mol. The van der Waals surface area contributed by atoms with Gasteiger partial charge in [-0.25, -0.2) is 0 Å². The quantitative estimate of drug-likeness (QED) is 0.521. The van der Waals surface area contributed by atoms with Gasteiger partial charge in [0.25, 0.3) is 0 Å². The van der Waals surface area contributed by atoms with E-state index in [0.29, 0.717) is 0 Å². The Morgan fingerprint density at radius 2 is 2.07 bits per heavy atom. The zero-order valence-electron chi connectivity index (χ0n) is 9.54. The van der Waals surface area contributed by atoms with Gasteiger partial charge in [0.15, 0.2) is 0 Å². The standard InChI is InChI=1S/C12H21BO2/c1-2-7-12(8-4-3-5-9-12)15-13-10-6-11-14-13/h2H,1,3-11H2. The van der Waals surface area contributed by atoms with Crippen molar-refractivity contribution in [1.82, 2.24) is 0 Å². The molecule has 3 heteroatoms. The highest BCUT2D eigenvalue weighted by Gasteiger charge is 2.37. The van der Waals surface area contributed by atoms with Crippen LogP contribution in [-0.2, 0) is 9.31 Å². The van der Waals surface area contributed by atoms with E-state index < -0.39 is 0 Å². The Hall–Kier alpha value is -0.275. The van der Waals surface area contributed by atoms with Crippen LogP contribution in [-0.4, -0.2) is 19.3 Å². The number of rotatable bonds is 4. The maximum absolute atomic E-state index is 6.19. The molecule has 0 unspecified atom stereocenters. The maximum atomic E-state index is 6.19. The third-order valence-electron chi connectivity index (χ3n) is 3.55. The average Bonchev–Trinajstić information content (AvgIpc) is 2.72. The molecule has 1 aliphatic heterocycles. The molecule has 2 fully saturated rings. The predicted octanol–water partition coefficient (Wildman–Crippen LogP) is 3.19. The molecule has 1 aliphatic carbocycles. The maximum Gasteiger partial charge on any atom is 0.457 e. The molecule has 0 atom stereocenters. The fraction of sp³-hybridized carbons (Fsp3) is 0.833. The van der Waals surface area contributed by atoms with Gasteiger partial charge in [0.2, 0.25) is 0 Å². The largest absolute Gasteiger partial charge is 0.457 e. The molecule has 0 aromatic heterocycles. The zero-order valence-corrected chi connectivity index (χ0v) is 9.54. The summed E-state index contributed by atoms with van der Waals surface area (Å²) in [5.74, 6) is 0. The molecule has 0 N–H and O–H groups in total. The molecule has 1 saturated heterocycles. The van der Waals surface area contributed by atoms with Crippen molar-refractivity contribution in [3.05, 3.63) is 12.7 Å². The van der Waals surface area contributed by atoms with Crippen molar-refractivity contribution in [1.29, 1.82) is 0 Å². The second-order valence-electron chi connectivity index (χ2n) is 4.80. The molecule has 0 radical (unpaired) electrons. The molecule has 84 valence electrons. The summed E-state index contributed by atoms with van der Waals surface area (Å²) < 4.78 is 11.8. The van der Waals surface area contributed by atoms with Crippen LogP contribution in [0.25, 0.3) is 0 Å². The highest BCUT2D eigenvalue weighted by atomic mass is 16.6. The molecule has 0 aromatic carbocycles. The fourth-order valence-electron chi connectivity index (χ4n) is 2.75. The molecular formula is C12H21BO2. The molecule has 0 bridgehead atoms. The lowest BCUT2D eigenvalue weighted by atomic mass is 9.77.